The summed E-state index contributed by atoms with van der Waals surface area (Å²) in [5.74, 6) is -2.69. The van der Waals surface area contributed by atoms with Gasteiger partial charge >= 0.3 is 0 Å². The molecule has 3 aromatic rings. The second-order valence-electron chi connectivity index (χ2n) is 6.47. The van der Waals surface area contributed by atoms with Crippen LogP contribution in [0.3, 0.4) is 0 Å². The maximum atomic E-state index is 13.9. The first kappa shape index (κ1) is 19.9. The summed E-state index contributed by atoms with van der Waals surface area (Å²) in [7, 11) is 0. The minimum atomic E-state index is -0.783. The molecule has 4 nitrogen and oxygen atoms in total. The third-order valence-corrected chi connectivity index (χ3v) is 4.96. The van der Waals surface area contributed by atoms with Gasteiger partial charge in [0.05, 0.1) is 23.0 Å². The van der Waals surface area contributed by atoms with Gasteiger partial charge in [-0.15, -0.1) is 0 Å². The van der Waals surface area contributed by atoms with Gasteiger partial charge < -0.3 is 10.3 Å². The number of amides is 1. The Morgan fingerprint density at radius 2 is 1.89 bits per heavy atom. The van der Waals surface area contributed by atoms with Crippen molar-refractivity contribution in [2.45, 2.75) is 26.3 Å². The number of hydrogen-bond acceptors (Lipinski definition) is 2. The SMILES string of the molecule is Cc1c(CC(=O)N[C@@H](C)c2ccc(F)cc2F)c(=O)[nH]c2ccc(F)c(Cl)c12. The third-order valence-electron chi connectivity index (χ3n) is 4.59. The molecule has 2 N–H and O–H groups in total. The number of nitrogens with one attached hydrogen (secondary N) is 2. The molecule has 1 aromatic heterocycles. The number of hydrogen-bond donors (Lipinski definition) is 2. The summed E-state index contributed by atoms with van der Waals surface area (Å²) in [6, 6.07) is 4.86. The minimum Gasteiger partial charge on any atom is -0.349 e. The molecular formula is C20H16ClF3N2O2. The van der Waals surface area contributed by atoms with Crippen molar-refractivity contribution < 1.29 is 18.0 Å². The second-order valence-corrected chi connectivity index (χ2v) is 6.85. The van der Waals surface area contributed by atoms with Gasteiger partial charge in [0.25, 0.3) is 5.56 Å². The predicted molar refractivity (Wildman–Crippen MR) is 101 cm³/mol. The van der Waals surface area contributed by atoms with Crippen molar-refractivity contribution in [2.75, 3.05) is 0 Å². The average Bonchev–Trinajstić information content (AvgIpc) is 2.61. The van der Waals surface area contributed by atoms with Crippen LogP contribution in [0.15, 0.2) is 35.1 Å². The van der Waals surface area contributed by atoms with Crippen molar-refractivity contribution in [1.29, 1.82) is 0 Å². The van der Waals surface area contributed by atoms with Crippen molar-refractivity contribution in [2.24, 2.45) is 0 Å². The molecule has 0 saturated heterocycles. The van der Waals surface area contributed by atoms with Crippen LogP contribution in [-0.2, 0) is 11.2 Å². The highest BCUT2D eigenvalue weighted by Crippen LogP contribution is 2.28. The van der Waals surface area contributed by atoms with E-state index in [1.54, 1.807) is 6.92 Å². The lowest BCUT2D eigenvalue weighted by Crippen LogP contribution is -2.31. The smallest absolute Gasteiger partial charge is 0.252 e. The van der Waals surface area contributed by atoms with Crippen LogP contribution in [0.2, 0.25) is 5.02 Å². The van der Waals surface area contributed by atoms with Crippen molar-refractivity contribution in [3.8, 4) is 0 Å². The summed E-state index contributed by atoms with van der Waals surface area (Å²) < 4.78 is 40.7. The molecule has 28 heavy (non-hydrogen) atoms. The summed E-state index contributed by atoms with van der Waals surface area (Å²) in [4.78, 5) is 27.3. The molecule has 0 bridgehead atoms. The van der Waals surface area contributed by atoms with Crippen LogP contribution in [0.4, 0.5) is 13.2 Å². The van der Waals surface area contributed by atoms with Gasteiger partial charge in [-0.25, -0.2) is 13.2 Å². The minimum absolute atomic E-state index is 0.115. The van der Waals surface area contributed by atoms with Crippen LogP contribution in [0.25, 0.3) is 10.9 Å². The second kappa shape index (κ2) is 7.67. The number of fused-ring (bicyclic) bond motifs is 1. The normalized spacial score (nSPS) is 12.2. The molecule has 0 saturated carbocycles. The van der Waals surface area contributed by atoms with Crippen molar-refractivity contribution in [1.82, 2.24) is 10.3 Å². The number of rotatable bonds is 4. The van der Waals surface area contributed by atoms with Gasteiger partial charge in [0.15, 0.2) is 0 Å². The number of carbonyl (C=O) groups excluding carboxylic acids is 1. The fourth-order valence-corrected chi connectivity index (χ4v) is 3.44. The molecule has 0 spiro atoms. The number of halogens is 4. The van der Waals surface area contributed by atoms with Gasteiger partial charge in [-0.1, -0.05) is 17.7 Å². The standard InChI is InChI=1S/C20H16ClF3N2O2/c1-9-13(20(28)26-16-6-5-14(23)19(21)18(9)16)8-17(27)25-10(2)12-4-3-11(22)7-15(12)24/h3-7,10H,8H2,1-2H3,(H,25,27)(H,26,28)/t10-/m0/s1. The molecule has 1 heterocycles. The molecule has 146 valence electrons. The number of carbonyl (C=O) groups is 1. The van der Waals surface area contributed by atoms with Gasteiger partial charge in [0.1, 0.15) is 17.5 Å². The number of aromatic amines is 1. The lowest BCUT2D eigenvalue weighted by Gasteiger charge is -2.16. The highest BCUT2D eigenvalue weighted by Gasteiger charge is 2.19. The van der Waals surface area contributed by atoms with Crippen LogP contribution in [0.5, 0.6) is 0 Å². The van der Waals surface area contributed by atoms with Gasteiger partial charge in [-0.05, 0) is 37.6 Å². The molecule has 1 atom stereocenters. The quantitative estimate of drug-likeness (QED) is 0.675. The number of aryl methyl sites for hydroxylation is 1. The molecule has 2 aromatic carbocycles. The van der Waals surface area contributed by atoms with Crippen LogP contribution >= 0.6 is 11.6 Å². The fourth-order valence-electron chi connectivity index (χ4n) is 3.14. The molecule has 0 radical (unpaired) electrons. The highest BCUT2D eigenvalue weighted by atomic mass is 35.5. The monoisotopic (exact) mass is 408 g/mol. The Morgan fingerprint density at radius 3 is 2.57 bits per heavy atom. The zero-order valence-electron chi connectivity index (χ0n) is 15.0. The van der Waals surface area contributed by atoms with E-state index in [0.29, 0.717) is 16.5 Å². The largest absolute Gasteiger partial charge is 0.349 e. The Morgan fingerprint density at radius 1 is 1.18 bits per heavy atom. The summed E-state index contributed by atoms with van der Waals surface area (Å²) in [6.07, 6.45) is -0.308. The number of benzene rings is 2. The lowest BCUT2D eigenvalue weighted by molar-refractivity contribution is -0.121. The van der Waals surface area contributed by atoms with E-state index in [2.05, 4.69) is 10.3 Å². The molecule has 3 rings (SSSR count). The first-order chi connectivity index (χ1) is 13.2. The number of aromatic nitrogens is 1. The number of H-pyrrole nitrogens is 1. The first-order valence-corrected chi connectivity index (χ1v) is 8.80. The molecule has 0 fully saturated rings. The van der Waals surface area contributed by atoms with Crippen molar-refractivity contribution >= 4 is 28.4 Å². The Hall–Kier alpha value is -2.80. The third kappa shape index (κ3) is 3.75. The fraction of sp³-hybridized carbons (Fsp3) is 0.200. The summed E-state index contributed by atoms with van der Waals surface area (Å²) in [5, 5.41) is 2.75. The molecule has 0 aliphatic heterocycles. The van der Waals surface area contributed by atoms with E-state index in [-0.39, 0.29) is 22.6 Å². The van der Waals surface area contributed by atoms with Crippen LogP contribution in [0, 0.1) is 24.4 Å². The Kier molecular flexibility index (Phi) is 5.47. The topological polar surface area (TPSA) is 62.0 Å². The van der Waals surface area contributed by atoms with E-state index in [4.69, 9.17) is 11.6 Å². The van der Waals surface area contributed by atoms with E-state index in [1.807, 2.05) is 0 Å². The van der Waals surface area contributed by atoms with E-state index in [9.17, 15) is 22.8 Å². The first-order valence-electron chi connectivity index (χ1n) is 8.42. The molecular weight excluding hydrogens is 393 g/mol. The van der Waals surface area contributed by atoms with Crippen molar-refractivity contribution in [3.63, 3.8) is 0 Å². The zero-order valence-corrected chi connectivity index (χ0v) is 15.8. The summed E-state index contributed by atoms with van der Waals surface area (Å²) in [5.41, 5.74) is 0.496. The molecule has 1 amide bonds. The van der Waals surface area contributed by atoms with E-state index in [0.717, 1.165) is 18.2 Å². The Bertz CT molecular complexity index is 1140. The maximum Gasteiger partial charge on any atom is 0.252 e. The average molecular weight is 409 g/mol. The van der Waals surface area contributed by atoms with Crippen LogP contribution in [-0.4, -0.2) is 10.9 Å². The lowest BCUT2D eigenvalue weighted by atomic mass is 10.0. The van der Waals surface area contributed by atoms with Gasteiger partial charge in [-0.3, -0.25) is 9.59 Å². The Balaban J connectivity index is 1.89. The van der Waals surface area contributed by atoms with Crippen molar-refractivity contribution in [3.05, 3.63) is 79.9 Å². The van der Waals surface area contributed by atoms with E-state index < -0.39 is 35.0 Å². The van der Waals surface area contributed by atoms with Gasteiger partial charge in [0.2, 0.25) is 5.91 Å². The summed E-state index contributed by atoms with van der Waals surface area (Å²) >= 11 is 6.02. The van der Waals surface area contributed by atoms with E-state index >= 15 is 0 Å². The summed E-state index contributed by atoms with van der Waals surface area (Å²) in [6.45, 7) is 3.12. The molecule has 0 unspecified atom stereocenters. The predicted octanol–water partition coefficient (Wildman–Crippen LogP) is 4.33. The molecule has 0 aliphatic carbocycles. The zero-order chi connectivity index (χ0) is 20.6. The molecule has 8 heteroatoms. The van der Waals surface area contributed by atoms with Crippen LogP contribution in [0.1, 0.15) is 29.7 Å². The van der Waals surface area contributed by atoms with Crippen LogP contribution < -0.4 is 10.9 Å². The maximum absolute atomic E-state index is 13.9. The van der Waals surface area contributed by atoms with E-state index in [1.165, 1.54) is 19.1 Å². The highest BCUT2D eigenvalue weighted by molar-refractivity contribution is 6.35. The van der Waals surface area contributed by atoms with Gasteiger partial charge in [0, 0.05) is 22.6 Å². The van der Waals surface area contributed by atoms with Gasteiger partial charge in [-0.2, -0.15) is 0 Å². The number of pyridine rings is 1. The molecule has 0 aliphatic rings. The Labute approximate surface area is 163 Å².